The van der Waals surface area contributed by atoms with E-state index in [-0.39, 0.29) is 12.5 Å². The monoisotopic (exact) mass is 537 g/mol. The van der Waals surface area contributed by atoms with Gasteiger partial charge in [-0.1, -0.05) is 54.6 Å². The quantitative estimate of drug-likeness (QED) is 0.265. The second-order valence-corrected chi connectivity index (χ2v) is 9.93. The van der Waals surface area contributed by atoms with Crippen molar-refractivity contribution in [3.05, 3.63) is 132 Å². The van der Waals surface area contributed by atoms with Gasteiger partial charge in [0.1, 0.15) is 18.7 Å². The van der Waals surface area contributed by atoms with E-state index in [1.54, 1.807) is 17.0 Å². The Hall–Kier alpha value is -5.57. The van der Waals surface area contributed by atoms with Gasteiger partial charge in [-0.25, -0.2) is 19.2 Å². The number of aryl methyl sites for hydroxylation is 1. The van der Waals surface area contributed by atoms with E-state index in [0.29, 0.717) is 23.2 Å². The minimum Gasteiger partial charge on any atom is -0.486 e. The van der Waals surface area contributed by atoms with Gasteiger partial charge < -0.3 is 9.47 Å². The molecule has 3 aromatic carbocycles. The maximum atomic E-state index is 6.48. The van der Waals surface area contributed by atoms with Crippen LogP contribution in [0.4, 0.5) is 0 Å². The Balaban J connectivity index is 1.22. The number of rotatable bonds is 5. The van der Waals surface area contributed by atoms with Crippen molar-refractivity contribution in [2.24, 2.45) is 0 Å². The first kappa shape index (κ1) is 23.3. The molecule has 1 atom stereocenters. The molecule has 7 aromatic rings. The van der Waals surface area contributed by atoms with Gasteiger partial charge in [0.2, 0.25) is 11.8 Å². The summed E-state index contributed by atoms with van der Waals surface area (Å²) in [7, 11) is 0. The molecule has 0 aliphatic carbocycles. The minimum absolute atomic E-state index is 0.212. The molecule has 4 aromatic heterocycles. The van der Waals surface area contributed by atoms with Crippen LogP contribution in [0.3, 0.4) is 0 Å². The second kappa shape index (κ2) is 9.27. The van der Waals surface area contributed by atoms with Crippen LogP contribution >= 0.6 is 0 Å². The lowest BCUT2D eigenvalue weighted by atomic mass is 9.85. The van der Waals surface area contributed by atoms with Crippen LogP contribution in [0.2, 0.25) is 0 Å². The van der Waals surface area contributed by atoms with Gasteiger partial charge in [0.05, 0.1) is 28.4 Å². The Bertz CT molecular complexity index is 2050. The highest BCUT2D eigenvalue weighted by Crippen LogP contribution is 2.49. The van der Waals surface area contributed by atoms with Crippen LogP contribution in [0, 0.1) is 6.92 Å². The first-order valence-corrected chi connectivity index (χ1v) is 13.3. The Morgan fingerprint density at radius 1 is 0.878 bits per heavy atom. The van der Waals surface area contributed by atoms with Gasteiger partial charge in [-0.15, -0.1) is 5.10 Å². The zero-order chi connectivity index (χ0) is 27.3. The molecule has 5 heterocycles. The van der Waals surface area contributed by atoms with Crippen molar-refractivity contribution < 1.29 is 9.47 Å². The molecule has 9 heteroatoms. The molecule has 198 valence electrons. The van der Waals surface area contributed by atoms with E-state index in [9.17, 15) is 0 Å². The summed E-state index contributed by atoms with van der Waals surface area (Å²) >= 11 is 0. The van der Waals surface area contributed by atoms with E-state index in [1.165, 1.54) is 0 Å². The maximum Gasteiger partial charge on any atom is 0.230 e. The van der Waals surface area contributed by atoms with Gasteiger partial charge in [-0.2, -0.15) is 5.10 Å². The van der Waals surface area contributed by atoms with Crippen LogP contribution in [-0.2, 0) is 6.61 Å². The fourth-order valence-corrected chi connectivity index (χ4v) is 5.51. The molecular formula is C32H23N7O2. The summed E-state index contributed by atoms with van der Waals surface area (Å²) < 4.78 is 16.1. The molecule has 0 bridgehead atoms. The van der Waals surface area contributed by atoms with Crippen molar-refractivity contribution in [3.8, 4) is 23.2 Å². The molecular weight excluding hydrogens is 514 g/mol. The summed E-state index contributed by atoms with van der Waals surface area (Å²) in [4.78, 5) is 14.0. The summed E-state index contributed by atoms with van der Waals surface area (Å²) in [5.74, 6) is 2.14. The van der Waals surface area contributed by atoms with E-state index in [2.05, 4.69) is 33.3 Å². The van der Waals surface area contributed by atoms with E-state index in [4.69, 9.17) is 19.6 Å². The average Bonchev–Trinajstić information content (AvgIpc) is 3.60. The van der Waals surface area contributed by atoms with Crippen molar-refractivity contribution in [1.82, 2.24) is 34.3 Å². The third-order valence-electron chi connectivity index (χ3n) is 7.37. The minimum atomic E-state index is -0.255. The molecule has 9 nitrogen and oxygen atoms in total. The number of pyridine rings is 1. The normalized spacial score (nSPS) is 14.0. The lowest BCUT2D eigenvalue weighted by Crippen LogP contribution is -2.16. The third-order valence-corrected chi connectivity index (χ3v) is 7.37. The second-order valence-electron chi connectivity index (χ2n) is 9.93. The standard InChI is InChI=1S/C32H23N7O2/c1-20-27-28(23-10-7-15-33-17-23)29-30-35-26(18-40-25-14-13-21-8-5-6-9-22(21)16-25)37-38(30)19-34-31(29)41-32(27)39(36-20)24-11-3-2-4-12-24/h2-17,19,28H,18H2,1H3. The van der Waals surface area contributed by atoms with Crippen molar-refractivity contribution in [1.29, 1.82) is 0 Å². The SMILES string of the molecule is Cc1nn(-c2ccccc2)c2c1C(c1cccnc1)c1c(ncn3nc(COc4ccc5ccccc5c4)nc13)O2. The lowest BCUT2D eigenvalue weighted by Gasteiger charge is -2.26. The van der Waals surface area contributed by atoms with Crippen LogP contribution in [0.1, 0.15) is 34.1 Å². The Labute approximate surface area is 234 Å². The molecule has 0 fully saturated rings. The highest BCUT2D eigenvalue weighted by atomic mass is 16.5. The zero-order valence-electron chi connectivity index (χ0n) is 22.0. The topological polar surface area (TPSA) is 92.3 Å². The van der Waals surface area contributed by atoms with Gasteiger partial charge in [0.25, 0.3) is 0 Å². The summed E-state index contributed by atoms with van der Waals surface area (Å²) in [5, 5.41) is 11.8. The van der Waals surface area contributed by atoms with Crippen molar-refractivity contribution >= 4 is 16.4 Å². The van der Waals surface area contributed by atoms with Crippen LogP contribution in [0.25, 0.3) is 22.1 Å². The molecule has 0 radical (unpaired) electrons. The van der Waals surface area contributed by atoms with Gasteiger partial charge in [-0.05, 0) is 53.6 Å². The Kier molecular flexibility index (Phi) is 5.27. The number of aromatic nitrogens is 7. The summed E-state index contributed by atoms with van der Waals surface area (Å²) in [5.41, 5.74) is 5.15. The molecule has 0 saturated heterocycles. The maximum absolute atomic E-state index is 6.48. The molecule has 8 rings (SSSR count). The third kappa shape index (κ3) is 3.89. The predicted octanol–water partition coefficient (Wildman–Crippen LogP) is 6.03. The molecule has 1 aliphatic rings. The van der Waals surface area contributed by atoms with E-state index in [0.717, 1.165) is 44.6 Å². The van der Waals surface area contributed by atoms with E-state index >= 15 is 0 Å². The largest absolute Gasteiger partial charge is 0.486 e. The van der Waals surface area contributed by atoms with Crippen LogP contribution in [0.5, 0.6) is 17.5 Å². The number of benzene rings is 3. The van der Waals surface area contributed by atoms with Gasteiger partial charge in [0, 0.05) is 12.4 Å². The molecule has 1 aliphatic heterocycles. The number of hydrogen-bond donors (Lipinski definition) is 0. The summed E-state index contributed by atoms with van der Waals surface area (Å²) in [6.45, 7) is 2.21. The molecule has 1 unspecified atom stereocenters. The van der Waals surface area contributed by atoms with Gasteiger partial charge in [-0.3, -0.25) is 4.98 Å². The highest BCUT2D eigenvalue weighted by Gasteiger charge is 2.38. The number of fused-ring (bicyclic) bond motifs is 5. The fraction of sp³-hybridized carbons (Fsp3) is 0.0938. The summed E-state index contributed by atoms with van der Waals surface area (Å²) in [6.07, 6.45) is 5.26. The number of nitrogens with zero attached hydrogens (tertiary/aromatic N) is 7. The Morgan fingerprint density at radius 3 is 2.59 bits per heavy atom. The molecule has 0 spiro atoms. The fourth-order valence-electron chi connectivity index (χ4n) is 5.51. The van der Waals surface area contributed by atoms with Crippen molar-refractivity contribution in [2.45, 2.75) is 19.4 Å². The number of hydrogen-bond acceptors (Lipinski definition) is 7. The molecule has 0 amide bonds. The first-order valence-electron chi connectivity index (χ1n) is 13.3. The van der Waals surface area contributed by atoms with Crippen LogP contribution in [0.15, 0.2) is 104 Å². The van der Waals surface area contributed by atoms with Gasteiger partial charge in [0.15, 0.2) is 11.5 Å². The predicted molar refractivity (Wildman–Crippen MR) is 153 cm³/mol. The summed E-state index contributed by atoms with van der Waals surface area (Å²) in [6, 6.07) is 28.2. The van der Waals surface area contributed by atoms with E-state index < -0.39 is 0 Å². The number of ether oxygens (including phenoxy) is 2. The highest BCUT2D eigenvalue weighted by molar-refractivity contribution is 5.83. The van der Waals surface area contributed by atoms with Crippen molar-refractivity contribution in [3.63, 3.8) is 0 Å². The van der Waals surface area contributed by atoms with Gasteiger partial charge >= 0.3 is 0 Å². The molecule has 0 saturated carbocycles. The van der Waals surface area contributed by atoms with Crippen molar-refractivity contribution in [2.75, 3.05) is 0 Å². The molecule has 0 N–H and O–H groups in total. The van der Waals surface area contributed by atoms with E-state index in [1.807, 2.05) is 84.5 Å². The van der Waals surface area contributed by atoms with Crippen LogP contribution < -0.4 is 9.47 Å². The lowest BCUT2D eigenvalue weighted by molar-refractivity contribution is 0.296. The number of para-hydroxylation sites is 1. The van der Waals surface area contributed by atoms with Crippen LogP contribution in [-0.4, -0.2) is 34.3 Å². The average molecular weight is 538 g/mol. The first-order chi connectivity index (χ1) is 20.2. The Morgan fingerprint density at radius 2 is 1.73 bits per heavy atom. The molecule has 41 heavy (non-hydrogen) atoms. The smallest absolute Gasteiger partial charge is 0.230 e. The zero-order valence-corrected chi connectivity index (χ0v) is 22.0.